The van der Waals surface area contributed by atoms with E-state index in [1.807, 2.05) is 13.0 Å². The highest BCUT2D eigenvalue weighted by atomic mass is 35.5. The van der Waals surface area contributed by atoms with E-state index in [9.17, 15) is 4.79 Å². The predicted molar refractivity (Wildman–Crippen MR) is 82.7 cm³/mol. The van der Waals surface area contributed by atoms with Crippen LogP contribution in [0.2, 0.25) is 10.0 Å². The molecule has 2 aromatic rings. The van der Waals surface area contributed by atoms with E-state index in [2.05, 4.69) is 15.0 Å². The van der Waals surface area contributed by atoms with E-state index in [4.69, 9.17) is 23.2 Å². The lowest BCUT2D eigenvalue weighted by Gasteiger charge is -2.09. The van der Waals surface area contributed by atoms with Crippen molar-refractivity contribution in [2.45, 2.75) is 13.8 Å². The monoisotopic (exact) mass is 330 g/mol. The zero-order valence-electron chi connectivity index (χ0n) is 11.1. The number of rotatable bonds is 3. The van der Waals surface area contributed by atoms with Gasteiger partial charge in [-0.2, -0.15) is 0 Å². The molecule has 1 N–H and O–H groups in total. The van der Waals surface area contributed by atoms with Gasteiger partial charge < -0.3 is 10.1 Å². The lowest BCUT2D eigenvalue weighted by Crippen LogP contribution is -2.03. The van der Waals surface area contributed by atoms with E-state index in [0.29, 0.717) is 26.6 Å². The van der Waals surface area contributed by atoms with Gasteiger partial charge in [-0.3, -0.25) is 0 Å². The molecular weight excluding hydrogens is 319 g/mol. The van der Waals surface area contributed by atoms with Gasteiger partial charge in [0, 0.05) is 4.88 Å². The third-order valence-electron chi connectivity index (χ3n) is 2.69. The summed E-state index contributed by atoms with van der Waals surface area (Å²) in [7, 11) is 1.32. The number of esters is 1. The second-order valence-corrected chi connectivity index (χ2v) is 6.08. The van der Waals surface area contributed by atoms with Crippen LogP contribution in [0.4, 0.5) is 10.8 Å². The highest BCUT2D eigenvalue weighted by Gasteiger charge is 2.17. The smallest absolute Gasteiger partial charge is 0.357 e. The Labute approximate surface area is 130 Å². The third-order valence-corrected chi connectivity index (χ3v) is 4.38. The molecule has 0 atom stereocenters. The largest absolute Gasteiger partial charge is 0.464 e. The van der Waals surface area contributed by atoms with Gasteiger partial charge in [0.05, 0.1) is 22.8 Å². The number of aromatic nitrogens is 1. The second kappa shape index (κ2) is 5.99. The van der Waals surface area contributed by atoms with E-state index in [-0.39, 0.29) is 0 Å². The number of hydrogen-bond donors (Lipinski definition) is 1. The minimum absolute atomic E-state index is 0.292. The number of halogens is 2. The Bertz CT molecular complexity index is 671. The van der Waals surface area contributed by atoms with Gasteiger partial charge in [-0.15, -0.1) is 11.3 Å². The minimum atomic E-state index is -0.465. The summed E-state index contributed by atoms with van der Waals surface area (Å²) in [6.45, 7) is 3.69. The van der Waals surface area contributed by atoms with Crippen LogP contribution in [0.3, 0.4) is 0 Å². The Morgan fingerprint density at radius 3 is 2.70 bits per heavy atom. The van der Waals surface area contributed by atoms with Crippen molar-refractivity contribution >= 4 is 51.3 Å². The Kier molecular flexibility index (Phi) is 4.52. The molecule has 1 aromatic carbocycles. The van der Waals surface area contributed by atoms with E-state index >= 15 is 0 Å². The number of aryl methyl sites for hydroxylation is 2. The summed E-state index contributed by atoms with van der Waals surface area (Å²) in [6.07, 6.45) is 0. The molecule has 20 heavy (non-hydrogen) atoms. The first-order valence-electron chi connectivity index (χ1n) is 5.71. The summed E-state index contributed by atoms with van der Waals surface area (Å²) < 4.78 is 4.67. The average Bonchev–Trinajstić information content (AvgIpc) is 2.79. The molecule has 0 unspecified atom stereocenters. The normalized spacial score (nSPS) is 10.4. The maximum absolute atomic E-state index is 11.5. The number of carbonyl (C=O) groups is 1. The number of thiazole rings is 1. The van der Waals surface area contributed by atoms with Gasteiger partial charge in [-0.25, -0.2) is 9.78 Å². The van der Waals surface area contributed by atoms with Crippen molar-refractivity contribution in [1.29, 1.82) is 0 Å². The molecule has 2 rings (SSSR count). The molecule has 0 aliphatic heterocycles. The molecular formula is C13H12Cl2N2O2S. The molecule has 7 heteroatoms. The first-order chi connectivity index (χ1) is 9.43. The molecule has 1 aromatic heterocycles. The molecule has 0 radical (unpaired) electrons. The summed E-state index contributed by atoms with van der Waals surface area (Å²) in [5, 5.41) is 4.62. The van der Waals surface area contributed by atoms with Gasteiger partial charge in [0.2, 0.25) is 0 Å². The van der Waals surface area contributed by atoms with Crippen molar-refractivity contribution in [3.63, 3.8) is 0 Å². The first-order valence-corrected chi connectivity index (χ1v) is 7.28. The van der Waals surface area contributed by atoms with Crippen molar-refractivity contribution in [3.05, 3.63) is 38.3 Å². The molecule has 0 spiro atoms. The zero-order chi connectivity index (χ0) is 14.9. The van der Waals surface area contributed by atoms with Gasteiger partial charge >= 0.3 is 5.97 Å². The third kappa shape index (κ3) is 2.90. The molecule has 0 aliphatic carbocycles. The molecule has 0 fully saturated rings. The van der Waals surface area contributed by atoms with Crippen LogP contribution in [0.25, 0.3) is 0 Å². The van der Waals surface area contributed by atoms with Crippen LogP contribution < -0.4 is 5.32 Å². The van der Waals surface area contributed by atoms with Crippen LogP contribution in [0.1, 0.15) is 20.9 Å². The number of methoxy groups -OCH3 is 1. The Morgan fingerprint density at radius 2 is 2.05 bits per heavy atom. The Balaban J connectivity index is 2.36. The van der Waals surface area contributed by atoms with Crippen LogP contribution >= 0.6 is 34.5 Å². The van der Waals surface area contributed by atoms with Crippen molar-refractivity contribution in [2.75, 3.05) is 12.4 Å². The molecule has 0 bridgehead atoms. The van der Waals surface area contributed by atoms with Crippen LogP contribution in [-0.2, 0) is 4.74 Å². The molecule has 0 saturated heterocycles. The topological polar surface area (TPSA) is 51.2 Å². The fraction of sp³-hybridized carbons (Fsp3) is 0.231. The Hall–Kier alpha value is -1.30. The van der Waals surface area contributed by atoms with E-state index < -0.39 is 5.97 Å². The van der Waals surface area contributed by atoms with Gasteiger partial charge in [0.1, 0.15) is 0 Å². The summed E-state index contributed by atoms with van der Waals surface area (Å²) in [5.41, 5.74) is 1.78. The van der Waals surface area contributed by atoms with Crippen molar-refractivity contribution in [2.24, 2.45) is 0 Å². The maximum atomic E-state index is 11.5. The number of nitrogens with one attached hydrogen (secondary N) is 1. The summed E-state index contributed by atoms with van der Waals surface area (Å²) in [5.74, 6) is -0.465. The fourth-order valence-corrected chi connectivity index (χ4v) is 2.88. The SMILES string of the molecule is COC(=O)c1nc(Nc2c(Cl)ccc(C)c2Cl)sc1C. The molecule has 106 valence electrons. The lowest BCUT2D eigenvalue weighted by molar-refractivity contribution is 0.0594. The van der Waals surface area contributed by atoms with E-state index in [1.165, 1.54) is 18.4 Å². The predicted octanol–water partition coefficient (Wildman–Crippen LogP) is 4.60. The van der Waals surface area contributed by atoms with Gasteiger partial charge in [0.15, 0.2) is 10.8 Å². The fourth-order valence-electron chi connectivity index (χ4n) is 1.61. The molecule has 0 amide bonds. The van der Waals surface area contributed by atoms with Crippen LogP contribution in [0, 0.1) is 13.8 Å². The first kappa shape index (κ1) is 15.1. The summed E-state index contributed by atoms with van der Waals surface area (Å²) in [6, 6.07) is 3.59. The maximum Gasteiger partial charge on any atom is 0.357 e. The van der Waals surface area contributed by atoms with Crippen molar-refractivity contribution < 1.29 is 9.53 Å². The van der Waals surface area contributed by atoms with Gasteiger partial charge in [0.25, 0.3) is 0 Å². The van der Waals surface area contributed by atoms with Crippen LogP contribution in [0.15, 0.2) is 12.1 Å². The standard InChI is InChI=1S/C13H12Cl2N2O2S/c1-6-4-5-8(14)11(9(6)15)17-13-16-10(7(2)20-13)12(18)19-3/h4-5H,1-3H3,(H,16,17). The minimum Gasteiger partial charge on any atom is -0.464 e. The highest BCUT2D eigenvalue weighted by molar-refractivity contribution is 7.15. The number of hydrogen-bond acceptors (Lipinski definition) is 5. The number of anilines is 2. The highest BCUT2D eigenvalue weighted by Crippen LogP contribution is 2.36. The summed E-state index contributed by atoms with van der Waals surface area (Å²) in [4.78, 5) is 16.5. The van der Waals surface area contributed by atoms with Crippen LogP contribution in [0.5, 0.6) is 0 Å². The van der Waals surface area contributed by atoms with Crippen molar-refractivity contribution in [3.8, 4) is 0 Å². The van der Waals surface area contributed by atoms with E-state index in [1.54, 1.807) is 13.0 Å². The van der Waals surface area contributed by atoms with Crippen LogP contribution in [-0.4, -0.2) is 18.1 Å². The zero-order valence-corrected chi connectivity index (χ0v) is 13.4. The average molecular weight is 331 g/mol. The number of carbonyl (C=O) groups excluding carboxylic acids is 1. The summed E-state index contributed by atoms with van der Waals surface area (Å²) >= 11 is 13.7. The molecule has 0 saturated carbocycles. The van der Waals surface area contributed by atoms with Gasteiger partial charge in [-0.1, -0.05) is 29.3 Å². The van der Waals surface area contributed by atoms with Crippen molar-refractivity contribution in [1.82, 2.24) is 4.98 Å². The lowest BCUT2D eigenvalue weighted by atomic mass is 10.2. The number of benzene rings is 1. The molecule has 0 aliphatic rings. The molecule has 4 nitrogen and oxygen atoms in total. The van der Waals surface area contributed by atoms with Gasteiger partial charge in [-0.05, 0) is 25.5 Å². The Morgan fingerprint density at radius 1 is 1.35 bits per heavy atom. The second-order valence-electron chi connectivity index (χ2n) is 4.09. The number of ether oxygens (including phenoxy) is 1. The van der Waals surface area contributed by atoms with E-state index in [0.717, 1.165) is 10.4 Å². The molecule has 1 heterocycles. The quantitative estimate of drug-likeness (QED) is 0.835. The number of nitrogens with zero attached hydrogens (tertiary/aromatic N) is 1.